The molecule has 0 saturated carbocycles. The lowest BCUT2D eigenvalue weighted by atomic mass is 10.2. The Morgan fingerprint density at radius 1 is 0.906 bits per heavy atom. The molecule has 0 aliphatic rings. The van der Waals surface area contributed by atoms with Crippen molar-refractivity contribution in [3.05, 3.63) is 90.9 Å². The fourth-order valence-electron chi connectivity index (χ4n) is 2.64. The van der Waals surface area contributed by atoms with E-state index in [2.05, 4.69) is 21.3 Å². The topological polar surface area (TPSA) is 135 Å². The molecule has 0 saturated heterocycles. The number of anilines is 1. The summed E-state index contributed by atoms with van der Waals surface area (Å²) in [4.78, 5) is 12.5. The van der Waals surface area contributed by atoms with Crippen LogP contribution in [-0.4, -0.2) is 29.3 Å². The van der Waals surface area contributed by atoms with Gasteiger partial charge in [-0.2, -0.15) is 0 Å². The standard InChI is InChI=1S/C21H21N3O6S2/c1-2-12-22-31(26,27)19-10-8-16(9-11-19)21(25)24-17-5-3-7-20(14-17)32(28,29)23-15-18-6-4-13-30-18/h2-11,13-14,22-23H,1,12,15H2,(H,24,25). The van der Waals surface area contributed by atoms with Crippen LogP contribution in [0.25, 0.3) is 0 Å². The molecule has 32 heavy (non-hydrogen) atoms. The maximum Gasteiger partial charge on any atom is 0.255 e. The van der Waals surface area contributed by atoms with E-state index >= 15 is 0 Å². The zero-order chi connectivity index (χ0) is 23.2. The molecule has 1 amide bonds. The fraction of sp³-hybridized carbons (Fsp3) is 0.0952. The first-order valence-electron chi connectivity index (χ1n) is 9.35. The first-order chi connectivity index (χ1) is 15.2. The molecular weight excluding hydrogens is 454 g/mol. The summed E-state index contributed by atoms with van der Waals surface area (Å²) in [5, 5.41) is 2.60. The van der Waals surface area contributed by atoms with Crippen molar-refractivity contribution in [2.45, 2.75) is 16.3 Å². The molecular formula is C21H21N3O6S2. The number of rotatable bonds is 10. The van der Waals surface area contributed by atoms with Crippen molar-refractivity contribution in [2.24, 2.45) is 0 Å². The maximum atomic E-state index is 12.5. The smallest absolute Gasteiger partial charge is 0.255 e. The van der Waals surface area contributed by atoms with Gasteiger partial charge in [0, 0.05) is 17.8 Å². The zero-order valence-corrected chi connectivity index (χ0v) is 18.4. The van der Waals surface area contributed by atoms with Crippen LogP contribution < -0.4 is 14.8 Å². The summed E-state index contributed by atoms with van der Waals surface area (Å²) in [6, 6.07) is 14.4. The van der Waals surface area contributed by atoms with Crippen molar-refractivity contribution in [3.8, 4) is 0 Å². The summed E-state index contributed by atoms with van der Waals surface area (Å²) < 4.78 is 59.1. The SMILES string of the molecule is C=CCNS(=O)(=O)c1ccc(C(=O)Nc2cccc(S(=O)(=O)NCc3ccco3)c2)cc1. The van der Waals surface area contributed by atoms with E-state index in [1.165, 1.54) is 54.8 Å². The van der Waals surface area contributed by atoms with Crippen LogP contribution >= 0.6 is 0 Å². The second kappa shape index (κ2) is 9.92. The second-order valence-electron chi connectivity index (χ2n) is 6.55. The Morgan fingerprint density at radius 3 is 2.28 bits per heavy atom. The third kappa shape index (κ3) is 5.92. The third-order valence-corrected chi connectivity index (χ3v) is 7.10. The Balaban J connectivity index is 1.69. The highest BCUT2D eigenvalue weighted by Gasteiger charge is 2.17. The predicted molar refractivity (Wildman–Crippen MR) is 119 cm³/mol. The molecule has 0 aliphatic heterocycles. The number of hydrogen-bond donors (Lipinski definition) is 3. The third-order valence-electron chi connectivity index (χ3n) is 4.26. The Kier molecular flexibility index (Phi) is 7.26. The van der Waals surface area contributed by atoms with Gasteiger partial charge in [0.25, 0.3) is 5.91 Å². The van der Waals surface area contributed by atoms with Crippen molar-refractivity contribution in [1.82, 2.24) is 9.44 Å². The van der Waals surface area contributed by atoms with E-state index in [4.69, 9.17) is 4.42 Å². The molecule has 168 valence electrons. The van der Waals surface area contributed by atoms with E-state index in [0.29, 0.717) is 5.76 Å². The Morgan fingerprint density at radius 2 is 1.62 bits per heavy atom. The Labute approximate surface area is 186 Å². The lowest BCUT2D eigenvalue weighted by molar-refractivity contribution is 0.102. The van der Waals surface area contributed by atoms with Gasteiger partial charge in [0.2, 0.25) is 20.0 Å². The summed E-state index contributed by atoms with van der Waals surface area (Å²) in [5.41, 5.74) is 0.470. The largest absolute Gasteiger partial charge is 0.468 e. The minimum atomic E-state index is -3.83. The average Bonchev–Trinajstić information content (AvgIpc) is 3.30. The molecule has 0 bridgehead atoms. The van der Waals surface area contributed by atoms with Crippen LogP contribution in [0.5, 0.6) is 0 Å². The van der Waals surface area contributed by atoms with Crippen LogP contribution in [0.2, 0.25) is 0 Å². The summed E-state index contributed by atoms with van der Waals surface area (Å²) in [6.45, 7) is 3.52. The van der Waals surface area contributed by atoms with E-state index in [9.17, 15) is 21.6 Å². The number of furan rings is 1. The lowest BCUT2D eigenvalue weighted by Crippen LogP contribution is -2.24. The molecule has 1 aromatic heterocycles. The molecule has 3 rings (SSSR count). The number of sulfonamides is 2. The van der Waals surface area contributed by atoms with E-state index in [1.807, 2.05) is 0 Å². The molecule has 9 nitrogen and oxygen atoms in total. The van der Waals surface area contributed by atoms with Gasteiger partial charge in [0.05, 0.1) is 22.6 Å². The first kappa shape index (κ1) is 23.4. The van der Waals surface area contributed by atoms with Crippen molar-refractivity contribution in [2.75, 3.05) is 11.9 Å². The normalized spacial score (nSPS) is 11.8. The number of amides is 1. The molecule has 0 atom stereocenters. The number of nitrogens with one attached hydrogen (secondary N) is 3. The Bertz CT molecular complexity index is 1300. The molecule has 11 heteroatoms. The minimum absolute atomic E-state index is 0.00613. The fourth-order valence-corrected chi connectivity index (χ4v) is 4.68. The second-order valence-corrected chi connectivity index (χ2v) is 10.1. The molecule has 1 heterocycles. The Hall–Kier alpha value is -3.25. The monoisotopic (exact) mass is 475 g/mol. The molecule has 3 N–H and O–H groups in total. The highest BCUT2D eigenvalue weighted by Crippen LogP contribution is 2.18. The summed E-state index contributed by atoms with van der Waals surface area (Å²) in [5.74, 6) is -0.0609. The summed E-state index contributed by atoms with van der Waals surface area (Å²) in [7, 11) is -7.53. The van der Waals surface area contributed by atoms with Gasteiger partial charge in [-0.05, 0) is 54.6 Å². The van der Waals surface area contributed by atoms with Crippen LogP contribution in [0.1, 0.15) is 16.1 Å². The highest BCUT2D eigenvalue weighted by molar-refractivity contribution is 7.89. The summed E-state index contributed by atoms with van der Waals surface area (Å²) >= 11 is 0. The minimum Gasteiger partial charge on any atom is -0.468 e. The van der Waals surface area contributed by atoms with Gasteiger partial charge in [-0.3, -0.25) is 4.79 Å². The van der Waals surface area contributed by atoms with Gasteiger partial charge in [-0.1, -0.05) is 12.1 Å². The van der Waals surface area contributed by atoms with Crippen molar-refractivity contribution in [3.63, 3.8) is 0 Å². The van der Waals surface area contributed by atoms with Gasteiger partial charge in [-0.15, -0.1) is 6.58 Å². The molecule has 2 aromatic carbocycles. The number of benzene rings is 2. The van der Waals surface area contributed by atoms with Gasteiger partial charge >= 0.3 is 0 Å². The van der Waals surface area contributed by atoms with E-state index in [-0.39, 0.29) is 34.1 Å². The molecule has 0 aliphatic carbocycles. The van der Waals surface area contributed by atoms with Crippen LogP contribution in [0.15, 0.2) is 93.8 Å². The predicted octanol–water partition coefficient (Wildman–Crippen LogP) is 2.47. The van der Waals surface area contributed by atoms with Crippen LogP contribution in [-0.2, 0) is 26.6 Å². The molecule has 0 radical (unpaired) electrons. The number of hydrogen-bond acceptors (Lipinski definition) is 6. The quantitative estimate of drug-likeness (QED) is 0.386. The maximum absolute atomic E-state index is 12.5. The van der Waals surface area contributed by atoms with Gasteiger partial charge < -0.3 is 9.73 Å². The van der Waals surface area contributed by atoms with Crippen LogP contribution in [0.3, 0.4) is 0 Å². The van der Waals surface area contributed by atoms with E-state index in [0.717, 1.165) is 0 Å². The van der Waals surface area contributed by atoms with Crippen molar-refractivity contribution < 1.29 is 26.0 Å². The summed E-state index contributed by atoms with van der Waals surface area (Å²) in [6.07, 6.45) is 2.86. The lowest BCUT2D eigenvalue weighted by Gasteiger charge is -2.10. The van der Waals surface area contributed by atoms with Crippen molar-refractivity contribution in [1.29, 1.82) is 0 Å². The van der Waals surface area contributed by atoms with Gasteiger partial charge in [0.1, 0.15) is 5.76 Å². The van der Waals surface area contributed by atoms with Crippen LogP contribution in [0.4, 0.5) is 5.69 Å². The first-order valence-corrected chi connectivity index (χ1v) is 12.3. The number of carbonyl (C=O) groups is 1. The van der Waals surface area contributed by atoms with Gasteiger partial charge in [0.15, 0.2) is 0 Å². The molecule has 0 fully saturated rings. The molecule has 0 spiro atoms. The van der Waals surface area contributed by atoms with Crippen molar-refractivity contribution >= 4 is 31.6 Å². The van der Waals surface area contributed by atoms with Gasteiger partial charge in [-0.25, -0.2) is 26.3 Å². The van der Waals surface area contributed by atoms with E-state index < -0.39 is 26.0 Å². The molecule has 3 aromatic rings. The average molecular weight is 476 g/mol. The zero-order valence-electron chi connectivity index (χ0n) is 16.8. The number of carbonyl (C=O) groups excluding carboxylic acids is 1. The van der Waals surface area contributed by atoms with E-state index in [1.54, 1.807) is 18.2 Å². The van der Waals surface area contributed by atoms with Crippen LogP contribution in [0, 0.1) is 0 Å². The highest BCUT2D eigenvalue weighted by atomic mass is 32.2. The molecule has 0 unspecified atom stereocenters.